The lowest BCUT2D eigenvalue weighted by Crippen LogP contribution is -2.19. The molecule has 1 aliphatic carbocycles. The molecule has 1 aliphatic rings. The van der Waals surface area contributed by atoms with Crippen molar-refractivity contribution in [3.8, 4) is 5.75 Å². The molecular formula is C26H25FN6O. The van der Waals surface area contributed by atoms with E-state index in [1.54, 1.807) is 10.6 Å². The Morgan fingerprint density at radius 3 is 2.82 bits per heavy atom. The number of nitrogens with one attached hydrogen (secondary N) is 1. The van der Waals surface area contributed by atoms with Gasteiger partial charge in [-0.1, -0.05) is 18.6 Å². The molecule has 6 rings (SSSR count). The fourth-order valence-electron chi connectivity index (χ4n) is 4.71. The fraction of sp³-hybridized carbons (Fsp3) is 0.269. The molecule has 8 heteroatoms. The van der Waals surface area contributed by atoms with Gasteiger partial charge in [0.25, 0.3) is 0 Å². The number of benzene rings is 2. The van der Waals surface area contributed by atoms with Crippen molar-refractivity contribution in [3.05, 3.63) is 78.6 Å². The van der Waals surface area contributed by atoms with Crippen LogP contribution in [0.5, 0.6) is 5.75 Å². The first-order valence-corrected chi connectivity index (χ1v) is 11.7. The topological polar surface area (TPSA) is 69.3 Å². The molecule has 0 bridgehead atoms. The van der Waals surface area contributed by atoms with Gasteiger partial charge >= 0.3 is 0 Å². The van der Waals surface area contributed by atoms with Crippen LogP contribution in [0, 0.1) is 5.82 Å². The highest BCUT2D eigenvalue weighted by molar-refractivity contribution is 5.86. The van der Waals surface area contributed by atoms with Gasteiger partial charge in [-0.05, 0) is 61.6 Å². The molecule has 0 atom stereocenters. The summed E-state index contributed by atoms with van der Waals surface area (Å²) in [6, 6.07) is 14.6. The maximum absolute atomic E-state index is 13.6. The lowest BCUT2D eigenvalue weighted by atomic mass is 9.98. The van der Waals surface area contributed by atoms with Gasteiger partial charge in [-0.2, -0.15) is 10.2 Å². The van der Waals surface area contributed by atoms with Crippen molar-refractivity contribution in [2.24, 2.45) is 0 Å². The summed E-state index contributed by atoms with van der Waals surface area (Å²) in [4.78, 5) is 4.50. The molecule has 3 heterocycles. The maximum Gasteiger partial charge on any atom is 0.162 e. The second-order valence-electron chi connectivity index (χ2n) is 8.79. The molecule has 34 heavy (non-hydrogen) atoms. The average Bonchev–Trinajstić information content (AvgIpc) is 3.44. The minimum Gasteiger partial charge on any atom is -0.488 e. The first-order chi connectivity index (χ1) is 16.7. The number of fused-ring (bicyclic) bond motifs is 2. The van der Waals surface area contributed by atoms with Gasteiger partial charge in [-0.3, -0.25) is 4.68 Å². The molecule has 5 aromatic rings. The maximum atomic E-state index is 13.6. The first kappa shape index (κ1) is 20.7. The largest absolute Gasteiger partial charge is 0.488 e. The van der Waals surface area contributed by atoms with Crippen LogP contribution >= 0.6 is 0 Å². The zero-order valence-electron chi connectivity index (χ0n) is 18.7. The number of rotatable bonds is 6. The molecule has 7 nitrogen and oxygen atoms in total. The summed E-state index contributed by atoms with van der Waals surface area (Å²) in [5.41, 5.74) is 3.57. The molecule has 1 saturated carbocycles. The lowest BCUT2D eigenvalue weighted by molar-refractivity contribution is 0.157. The van der Waals surface area contributed by atoms with Crippen molar-refractivity contribution in [2.75, 3.05) is 5.32 Å². The van der Waals surface area contributed by atoms with E-state index in [0.29, 0.717) is 12.4 Å². The van der Waals surface area contributed by atoms with E-state index in [2.05, 4.69) is 20.5 Å². The molecule has 0 spiro atoms. The van der Waals surface area contributed by atoms with Crippen molar-refractivity contribution in [2.45, 2.75) is 44.8 Å². The van der Waals surface area contributed by atoms with Gasteiger partial charge in [-0.25, -0.2) is 13.9 Å². The lowest BCUT2D eigenvalue weighted by Gasteiger charge is -2.22. The second-order valence-corrected chi connectivity index (χ2v) is 8.79. The van der Waals surface area contributed by atoms with E-state index in [9.17, 15) is 4.39 Å². The van der Waals surface area contributed by atoms with Crippen molar-refractivity contribution >= 4 is 27.9 Å². The van der Waals surface area contributed by atoms with Gasteiger partial charge in [0, 0.05) is 23.3 Å². The summed E-state index contributed by atoms with van der Waals surface area (Å²) >= 11 is 0. The van der Waals surface area contributed by atoms with Crippen LogP contribution in [0.2, 0.25) is 0 Å². The Bertz CT molecular complexity index is 1450. The van der Waals surface area contributed by atoms with Crippen LogP contribution in [0.1, 0.15) is 37.7 Å². The minimum atomic E-state index is -0.242. The van der Waals surface area contributed by atoms with Gasteiger partial charge in [0.2, 0.25) is 0 Å². The summed E-state index contributed by atoms with van der Waals surface area (Å²) in [5, 5.41) is 13.3. The summed E-state index contributed by atoms with van der Waals surface area (Å²) in [7, 11) is 0. The number of hydrogen-bond donors (Lipinski definition) is 1. The number of halogens is 1. The van der Waals surface area contributed by atoms with E-state index in [1.165, 1.54) is 37.7 Å². The van der Waals surface area contributed by atoms with Gasteiger partial charge in [0.1, 0.15) is 17.7 Å². The fourth-order valence-corrected chi connectivity index (χ4v) is 4.71. The van der Waals surface area contributed by atoms with E-state index in [0.717, 1.165) is 46.3 Å². The van der Waals surface area contributed by atoms with Gasteiger partial charge < -0.3 is 10.1 Å². The quantitative estimate of drug-likeness (QED) is 0.354. The van der Waals surface area contributed by atoms with E-state index in [1.807, 2.05) is 47.4 Å². The van der Waals surface area contributed by atoms with Gasteiger partial charge in [0.15, 0.2) is 11.6 Å². The van der Waals surface area contributed by atoms with E-state index in [4.69, 9.17) is 4.74 Å². The van der Waals surface area contributed by atoms with Gasteiger partial charge in [0.05, 0.1) is 24.4 Å². The van der Waals surface area contributed by atoms with Crippen LogP contribution in [0.25, 0.3) is 16.4 Å². The summed E-state index contributed by atoms with van der Waals surface area (Å²) in [5.74, 6) is 1.25. The predicted octanol–water partition coefficient (Wildman–Crippen LogP) is 5.72. The Morgan fingerprint density at radius 1 is 1.03 bits per heavy atom. The number of ether oxygens (including phenoxy) is 1. The van der Waals surface area contributed by atoms with Crippen LogP contribution in [0.4, 0.5) is 15.9 Å². The number of hydrogen-bond acceptors (Lipinski definition) is 5. The number of anilines is 2. The van der Waals surface area contributed by atoms with Crippen molar-refractivity contribution in [3.63, 3.8) is 0 Å². The molecule has 0 aliphatic heterocycles. The van der Waals surface area contributed by atoms with Crippen LogP contribution in [-0.4, -0.2) is 30.5 Å². The Labute approximate surface area is 196 Å². The molecule has 0 saturated heterocycles. The Morgan fingerprint density at radius 2 is 1.94 bits per heavy atom. The third-order valence-corrected chi connectivity index (χ3v) is 6.39. The molecule has 2 aromatic carbocycles. The minimum absolute atomic E-state index is 0.242. The van der Waals surface area contributed by atoms with Crippen LogP contribution in [0.15, 0.2) is 67.3 Å². The monoisotopic (exact) mass is 456 g/mol. The summed E-state index contributed by atoms with van der Waals surface area (Å²) in [6.07, 6.45) is 11.4. The third-order valence-electron chi connectivity index (χ3n) is 6.39. The van der Waals surface area contributed by atoms with Crippen LogP contribution < -0.4 is 10.1 Å². The molecule has 0 radical (unpaired) electrons. The Kier molecular flexibility index (Phi) is 5.33. The SMILES string of the molecule is Fc1cccc(Cn2ncc3cc(Nc4ncnn5ccc(OC6CCCCC6)c45)ccc32)c1. The molecule has 3 aromatic heterocycles. The standard InChI is InChI=1S/C26H25FN6O/c27-20-6-4-5-18(13-20)16-33-23-10-9-21(14-19(23)15-29-33)31-26-25-24(11-12-32(25)30-17-28-26)34-22-7-2-1-3-8-22/h4-6,9-15,17,22H,1-3,7-8,16H2,(H,28,30,31). The highest BCUT2D eigenvalue weighted by atomic mass is 19.1. The highest BCUT2D eigenvalue weighted by Crippen LogP contribution is 2.32. The van der Waals surface area contributed by atoms with Crippen molar-refractivity contribution in [1.82, 2.24) is 24.4 Å². The van der Waals surface area contributed by atoms with Gasteiger partial charge in [-0.15, -0.1) is 0 Å². The third kappa shape index (κ3) is 4.07. The number of aromatic nitrogens is 5. The second kappa shape index (κ2) is 8.78. The molecular weight excluding hydrogens is 431 g/mol. The van der Waals surface area contributed by atoms with E-state index in [-0.39, 0.29) is 11.9 Å². The molecule has 1 N–H and O–H groups in total. The molecule has 172 valence electrons. The van der Waals surface area contributed by atoms with Crippen LogP contribution in [0.3, 0.4) is 0 Å². The Hall–Kier alpha value is -3.94. The summed E-state index contributed by atoms with van der Waals surface area (Å²) < 4.78 is 23.6. The summed E-state index contributed by atoms with van der Waals surface area (Å²) in [6.45, 7) is 0.507. The zero-order chi connectivity index (χ0) is 22.9. The first-order valence-electron chi connectivity index (χ1n) is 11.7. The smallest absolute Gasteiger partial charge is 0.162 e. The van der Waals surface area contributed by atoms with E-state index < -0.39 is 0 Å². The average molecular weight is 457 g/mol. The molecule has 0 unspecified atom stereocenters. The molecule has 0 amide bonds. The molecule has 1 fully saturated rings. The normalized spacial score (nSPS) is 14.6. The van der Waals surface area contributed by atoms with Crippen LogP contribution in [-0.2, 0) is 6.54 Å². The van der Waals surface area contributed by atoms with Crippen molar-refractivity contribution in [1.29, 1.82) is 0 Å². The highest BCUT2D eigenvalue weighted by Gasteiger charge is 2.19. The van der Waals surface area contributed by atoms with Crippen molar-refractivity contribution < 1.29 is 9.13 Å². The zero-order valence-corrected chi connectivity index (χ0v) is 18.7. The predicted molar refractivity (Wildman–Crippen MR) is 129 cm³/mol. The number of nitrogens with zero attached hydrogens (tertiary/aromatic N) is 5. The van der Waals surface area contributed by atoms with E-state index >= 15 is 0 Å². The Balaban J connectivity index is 1.27.